The summed E-state index contributed by atoms with van der Waals surface area (Å²) in [4.78, 5) is 49.3. The number of nitrogens with zero attached hydrogens (tertiary/aromatic N) is 3. The minimum atomic E-state index is -1.03. The van der Waals surface area contributed by atoms with E-state index >= 15 is 0 Å². The van der Waals surface area contributed by atoms with Crippen LogP contribution in [0.3, 0.4) is 0 Å². The molecule has 49 heavy (non-hydrogen) atoms. The maximum absolute atomic E-state index is 14.0. The Balaban J connectivity index is 1.49. The van der Waals surface area contributed by atoms with E-state index < -0.39 is 17.6 Å². The molecule has 0 spiro atoms. The van der Waals surface area contributed by atoms with Crippen LogP contribution in [0.4, 0.5) is 10.5 Å². The highest BCUT2D eigenvalue weighted by molar-refractivity contribution is 6.29. The summed E-state index contributed by atoms with van der Waals surface area (Å²) < 4.78 is 10.6. The largest absolute Gasteiger partial charge is 0.497 e. The Morgan fingerprint density at radius 3 is 1.76 bits per heavy atom. The highest BCUT2D eigenvalue weighted by Gasteiger charge is 2.34. The number of anilines is 1. The minimum Gasteiger partial charge on any atom is -0.497 e. The van der Waals surface area contributed by atoms with Crippen LogP contribution in [0.1, 0.15) is 107 Å². The lowest BCUT2D eigenvalue weighted by molar-refractivity contribution is -0.122. The molecule has 3 aromatic rings. The lowest BCUT2D eigenvalue weighted by Gasteiger charge is -2.31. The molecule has 0 radical (unpaired) electrons. The number of pyridine rings is 2. The van der Waals surface area contributed by atoms with Gasteiger partial charge in [-0.3, -0.25) is 14.5 Å². The molecule has 1 atom stereocenters. The van der Waals surface area contributed by atoms with Gasteiger partial charge in [-0.05, 0) is 76.1 Å². The highest BCUT2D eigenvalue weighted by atomic mass is 35.5. The first-order valence-electron chi connectivity index (χ1n) is 16.9. The van der Waals surface area contributed by atoms with Crippen LogP contribution in [0.15, 0.2) is 60.9 Å². The van der Waals surface area contributed by atoms with Gasteiger partial charge in [-0.25, -0.2) is 14.8 Å². The van der Waals surface area contributed by atoms with E-state index in [1.54, 1.807) is 49.6 Å². The third-order valence-corrected chi connectivity index (χ3v) is 8.13. The van der Waals surface area contributed by atoms with E-state index in [1.165, 1.54) is 42.6 Å². The van der Waals surface area contributed by atoms with Crippen molar-refractivity contribution < 1.29 is 23.9 Å². The van der Waals surface area contributed by atoms with E-state index in [1.807, 2.05) is 20.8 Å². The zero-order valence-corrected chi connectivity index (χ0v) is 30.5. The third kappa shape index (κ3) is 14.2. The number of ether oxygens (including phenoxy) is 2. The average Bonchev–Trinajstić information content (AvgIpc) is 3.07. The molecule has 3 rings (SSSR count). The quantitative estimate of drug-likeness (QED) is 0.0941. The fraction of sp³-hybridized carbons (Fsp3) is 0.486. The molecule has 0 aliphatic rings. The number of alkyl carbamates (subject to hydrolysis) is 1. The number of halogens is 2. The van der Waals surface area contributed by atoms with Gasteiger partial charge in [0.25, 0.3) is 5.91 Å². The molecule has 0 fully saturated rings. The molecule has 2 heterocycles. The van der Waals surface area contributed by atoms with Crippen molar-refractivity contribution in [1.29, 1.82) is 0 Å². The van der Waals surface area contributed by atoms with Crippen LogP contribution in [-0.2, 0) is 9.53 Å². The van der Waals surface area contributed by atoms with Crippen molar-refractivity contribution >= 4 is 46.8 Å². The Labute approximate surface area is 300 Å². The van der Waals surface area contributed by atoms with E-state index in [0.29, 0.717) is 30.1 Å². The Hall–Kier alpha value is -3.89. The first-order valence-corrected chi connectivity index (χ1v) is 17.7. The van der Waals surface area contributed by atoms with Gasteiger partial charge in [0.1, 0.15) is 27.7 Å². The standard InChI is InChI=1S/C37H49Cl2N5O5/c1-37(2,3)49-36(47)41-24-14-12-10-8-6-5-7-9-11-13-23-40-34(45)33(27-15-21-31(38)42-25-27)44(29-17-19-30(48-4)20-18-29)35(46)28-16-22-32(39)43-26-28/h15-22,25-26,33H,5-14,23-24H2,1-4H3,(H,40,45)(H,41,47). The van der Waals surface area contributed by atoms with Crippen molar-refractivity contribution in [2.24, 2.45) is 0 Å². The van der Waals surface area contributed by atoms with Crippen molar-refractivity contribution in [3.63, 3.8) is 0 Å². The van der Waals surface area contributed by atoms with Crippen molar-refractivity contribution in [2.45, 2.75) is 96.6 Å². The van der Waals surface area contributed by atoms with Crippen LogP contribution in [0, 0.1) is 0 Å². The first kappa shape index (κ1) is 39.5. The Morgan fingerprint density at radius 2 is 1.27 bits per heavy atom. The number of aromatic nitrogens is 2. The van der Waals surface area contributed by atoms with Crippen molar-refractivity contribution in [3.8, 4) is 5.75 Å². The molecule has 1 unspecified atom stereocenters. The van der Waals surface area contributed by atoms with E-state index in [9.17, 15) is 14.4 Å². The Morgan fingerprint density at radius 1 is 0.735 bits per heavy atom. The second-order valence-corrected chi connectivity index (χ2v) is 13.6. The lowest BCUT2D eigenvalue weighted by atomic mass is 10.0. The Bertz CT molecular complexity index is 1450. The highest BCUT2D eigenvalue weighted by Crippen LogP contribution is 2.31. The normalized spacial score (nSPS) is 11.8. The number of nitrogens with one attached hydrogen (secondary N) is 2. The van der Waals surface area contributed by atoms with Gasteiger partial charge in [-0.1, -0.05) is 80.6 Å². The van der Waals surface area contributed by atoms with Gasteiger partial charge >= 0.3 is 6.09 Å². The maximum atomic E-state index is 14.0. The topological polar surface area (TPSA) is 123 Å². The van der Waals surface area contributed by atoms with Crippen molar-refractivity contribution in [3.05, 3.63) is 82.4 Å². The lowest BCUT2D eigenvalue weighted by Crippen LogP contribution is -2.44. The monoisotopic (exact) mass is 713 g/mol. The second kappa shape index (κ2) is 20.6. The molecular formula is C37H49Cl2N5O5. The van der Waals surface area contributed by atoms with Gasteiger partial charge in [0.2, 0.25) is 5.91 Å². The molecular weight excluding hydrogens is 665 g/mol. The minimum absolute atomic E-state index is 0.255. The Kier molecular flexibility index (Phi) is 16.6. The van der Waals surface area contributed by atoms with E-state index in [0.717, 1.165) is 44.9 Å². The molecule has 10 nitrogen and oxygen atoms in total. The number of carbonyl (C=O) groups is 3. The molecule has 3 amide bonds. The van der Waals surface area contributed by atoms with Crippen LogP contribution < -0.4 is 20.3 Å². The van der Waals surface area contributed by atoms with Crippen molar-refractivity contribution in [1.82, 2.24) is 20.6 Å². The molecule has 0 saturated heterocycles. The fourth-order valence-electron chi connectivity index (χ4n) is 5.21. The predicted molar refractivity (Wildman–Crippen MR) is 194 cm³/mol. The molecule has 0 saturated carbocycles. The summed E-state index contributed by atoms with van der Waals surface area (Å²) in [7, 11) is 1.56. The molecule has 2 N–H and O–H groups in total. The number of carbonyl (C=O) groups excluding carboxylic acids is 3. The van der Waals surface area contributed by atoms with Crippen LogP contribution in [-0.4, -0.2) is 53.7 Å². The molecule has 12 heteroatoms. The number of amides is 3. The summed E-state index contributed by atoms with van der Waals surface area (Å²) in [6.07, 6.45) is 13.3. The molecule has 0 bridgehead atoms. The van der Waals surface area contributed by atoms with Gasteiger partial charge in [0.15, 0.2) is 0 Å². The molecule has 0 aliphatic carbocycles. The van der Waals surface area contributed by atoms with Crippen molar-refractivity contribution in [2.75, 3.05) is 25.1 Å². The van der Waals surface area contributed by atoms with Crippen LogP contribution in [0.2, 0.25) is 10.3 Å². The smallest absolute Gasteiger partial charge is 0.407 e. The summed E-state index contributed by atoms with van der Waals surface area (Å²) in [5, 5.41) is 6.39. The van der Waals surface area contributed by atoms with E-state index in [2.05, 4.69) is 20.6 Å². The van der Waals surface area contributed by atoms with Gasteiger partial charge < -0.3 is 20.1 Å². The number of unbranched alkanes of at least 4 members (excludes halogenated alkanes) is 9. The number of methoxy groups -OCH3 is 1. The maximum Gasteiger partial charge on any atom is 0.407 e. The summed E-state index contributed by atoms with van der Waals surface area (Å²) in [5.41, 5.74) is 0.798. The van der Waals surface area contributed by atoms with Crippen LogP contribution in [0.5, 0.6) is 5.75 Å². The van der Waals surface area contributed by atoms with Gasteiger partial charge in [-0.2, -0.15) is 0 Å². The van der Waals surface area contributed by atoms with E-state index in [4.69, 9.17) is 32.7 Å². The first-order chi connectivity index (χ1) is 23.5. The predicted octanol–water partition coefficient (Wildman–Crippen LogP) is 8.72. The van der Waals surface area contributed by atoms with Gasteiger partial charge in [-0.15, -0.1) is 0 Å². The molecule has 266 valence electrons. The number of benzene rings is 1. The summed E-state index contributed by atoms with van der Waals surface area (Å²) >= 11 is 12.1. The zero-order chi connectivity index (χ0) is 35.6. The third-order valence-electron chi connectivity index (χ3n) is 7.69. The number of hydrogen-bond donors (Lipinski definition) is 2. The van der Waals surface area contributed by atoms with E-state index in [-0.39, 0.29) is 27.9 Å². The summed E-state index contributed by atoms with van der Waals surface area (Å²) in [6, 6.07) is 12.3. The molecule has 1 aromatic carbocycles. The SMILES string of the molecule is COc1ccc(N(C(=O)c2ccc(Cl)nc2)C(C(=O)NCCCCCCCCCCCCNC(=O)OC(C)(C)C)c2ccc(Cl)nc2)cc1. The van der Waals surface area contributed by atoms with Gasteiger partial charge in [0, 0.05) is 36.7 Å². The molecule has 2 aromatic heterocycles. The summed E-state index contributed by atoms with van der Waals surface area (Å²) in [6.45, 7) is 6.68. The second-order valence-electron chi connectivity index (χ2n) is 12.8. The zero-order valence-electron chi connectivity index (χ0n) is 29.0. The summed E-state index contributed by atoms with van der Waals surface area (Å²) in [5.74, 6) is -0.151. The fourth-order valence-corrected chi connectivity index (χ4v) is 5.44. The van der Waals surface area contributed by atoms with Crippen LogP contribution >= 0.6 is 23.2 Å². The number of hydrogen-bond acceptors (Lipinski definition) is 7. The molecule has 0 aliphatic heterocycles. The average molecular weight is 715 g/mol. The number of rotatable bonds is 19. The van der Waals surface area contributed by atoms with Gasteiger partial charge in [0.05, 0.1) is 12.7 Å². The van der Waals surface area contributed by atoms with Crippen LogP contribution in [0.25, 0.3) is 0 Å².